The lowest BCUT2D eigenvalue weighted by molar-refractivity contribution is 0.240. The van der Waals surface area contributed by atoms with Crippen LogP contribution in [0.5, 0.6) is 0 Å². The van der Waals surface area contributed by atoms with Crippen LogP contribution in [0.1, 0.15) is 32.0 Å². The Balaban J connectivity index is 1.96. The molecule has 0 aliphatic carbocycles. The SMILES string of the molecule is CCCCNC(=O)NCCCc1ncn[nH]1. The number of aryl methyl sites for hydroxylation is 1. The van der Waals surface area contributed by atoms with Crippen LogP contribution in [0.2, 0.25) is 0 Å². The van der Waals surface area contributed by atoms with Gasteiger partial charge in [0.1, 0.15) is 12.2 Å². The molecule has 0 saturated heterocycles. The molecule has 6 nitrogen and oxygen atoms in total. The molecule has 0 aliphatic heterocycles. The van der Waals surface area contributed by atoms with Crippen molar-refractivity contribution in [1.29, 1.82) is 0 Å². The number of aromatic amines is 1. The zero-order valence-corrected chi connectivity index (χ0v) is 9.62. The number of rotatable bonds is 7. The van der Waals surface area contributed by atoms with Gasteiger partial charge in [-0.15, -0.1) is 0 Å². The van der Waals surface area contributed by atoms with Crippen molar-refractivity contribution in [2.75, 3.05) is 13.1 Å². The summed E-state index contributed by atoms with van der Waals surface area (Å²) < 4.78 is 0. The molecule has 1 heterocycles. The van der Waals surface area contributed by atoms with Crippen molar-refractivity contribution in [2.24, 2.45) is 0 Å². The summed E-state index contributed by atoms with van der Waals surface area (Å²) in [6, 6.07) is -0.0916. The van der Waals surface area contributed by atoms with Gasteiger partial charge in [0.2, 0.25) is 0 Å². The van der Waals surface area contributed by atoms with Crippen LogP contribution in [-0.4, -0.2) is 34.3 Å². The number of hydrogen-bond acceptors (Lipinski definition) is 3. The van der Waals surface area contributed by atoms with Gasteiger partial charge in [-0.3, -0.25) is 5.10 Å². The maximum absolute atomic E-state index is 11.2. The van der Waals surface area contributed by atoms with Gasteiger partial charge in [0.25, 0.3) is 0 Å². The minimum atomic E-state index is -0.0916. The number of carbonyl (C=O) groups is 1. The highest BCUT2D eigenvalue weighted by Gasteiger charge is 1.99. The maximum atomic E-state index is 11.2. The van der Waals surface area contributed by atoms with E-state index < -0.39 is 0 Å². The zero-order valence-electron chi connectivity index (χ0n) is 9.62. The summed E-state index contributed by atoms with van der Waals surface area (Å²) >= 11 is 0. The second-order valence-electron chi connectivity index (χ2n) is 3.57. The van der Waals surface area contributed by atoms with E-state index >= 15 is 0 Å². The van der Waals surface area contributed by atoms with Gasteiger partial charge in [0, 0.05) is 19.5 Å². The van der Waals surface area contributed by atoms with E-state index in [2.05, 4.69) is 32.7 Å². The molecule has 0 atom stereocenters. The number of aromatic nitrogens is 3. The summed E-state index contributed by atoms with van der Waals surface area (Å²) in [4.78, 5) is 15.2. The van der Waals surface area contributed by atoms with Crippen molar-refractivity contribution in [3.63, 3.8) is 0 Å². The normalized spacial score (nSPS) is 10.1. The average molecular weight is 225 g/mol. The minimum Gasteiger partial charge on any atom is -0.338 e. The smallest absolute Gasteiger partial charge is 0.314 e. The number of urea groups is 1. The van der Waals surface area contributed by atoms with Crippen LogP contribution in [0.25, 0.3) is 0 Å². The van der Waals surface area contributed by atoms with E-state index in [0.717, 1.165) is 38.1 Å². The number of H-pyrrole nitrogens is 1. The zero-order chi connectivity index (χ0) is 11.6. The van der Waals surface area contributed by atoms with Gasteiger partial charge >= 0.3 is 6.03 Å². The highest BCUT2D eigenvalue weighted by Crippen LogP contribution is 1.91. The molecule has 0 radical (unpaired) electrons. The van der Waals surface area contributed by atoms with Gasteiger partial charge < -0.3 is 10.6 Å². The predicted molar refractivity (Wildman–Crippen MR) is 61.0 cm³/mol. The Kier molecular flexibility index (Phi) is 5.98. The first-order chi connectivity index (χ1) is 7.83. The molecule has 1 aromatic rings. The van der Waals surface area contributed by atoms with Crippen molar-refractivity contribution < 1.29 is 4.79 Å². The van der Waals surface area contributed by atoms with E-state index in [1.165, 1.54) is 6.33 Å². The monoisotopic (exact) mass is 225 g/mol. The third-order valence-electron chi connectivity index (χ3n) is 2.16. The molecule has 16 heavy (non-hydrogen) atoms. The number of nitrogens with zero attached hydrogens (tertiary/aromatic N) is 2. The largest absolute Gasteiger partial charge is 0.338 e. The van der Waals surface area contributed by atoms with Crippen LogP contribution in [0.15, 0.2) is 6.33 Å². The molecule has 0 unspecified atom stereocenters. The highest BCUT2D eigenvalue weighted by atomic mass is 16.2. The third-order valence-corrected chi connectivity index (χ3v) is 2.16. The number of amides is 2. The molecule has 3 N–H and O–H groups in total. The first kappa shape index (κ1) is 12.5. The van der Waals surface area contributed by atoms with Gasteiger partial charge in [-0.05, 0) is 12.8 Å². The van der Waals surface area contributed by atoms with Gasteiger partial charge in [-0.25, -0.2) is 9.78 Å². The number of carbonyl (C=O) groups excluding carboxylic acids is 1. The predicted octanol–water partition coefficient (Wildman–Crippen LogP) is 0.837. The molecule has 1 aromatic heterocycles. The Morgan fingerprint density at radius 1 is 1.38 bits per heavy atom. The summed E-state index contributed by atoms with van der Waals surface area (Å²) in [5, 5.41) is 12.1. The van der Waals surface area contributed by atoms with E-state index in [0.29, 0.717) is 6.54 Å². The molecule has 0 aliphatic rings. The van der Waals surface area contributed by atoms with Crippen LogP contribution >= 0.6 is 0 Å². The van der Waals surface area contributed by atoms with E-state index in [9.17, 15) is 4.79 Å². The molecule has 0 fully saturated rings. The summed E-state index contributed by atoms with van der Waals surface area (Å²) in [5.41, 5.74) is 0. The van der Waals surface area contributed by atoms with Crippen LogP contribution in [0.3, 0.4) is 0 Å². The molecule has 0 spiro atoms. The molecule has 0 saturated carbocycles. The minimum absolute atomic E-state index is 0.0916. The van der Waals surface area contributed by atoms with Crippen LogP contribution in [0.4, 0.5) is 4.79 Å². The Bertz CT molecular complexity index is 285. The first-order valence-corrected chi connectivity index (χ1v) is 5.69. The Morgan fingerprint density at radius 3 is 2.75 bits per heavy atom. The average Bonchev–Trinajstić information content (AvgIpc) is 2.78. The lowest BCUT2D eigenvalue weighted by atomic mass is 10.3. The van der Waals surface area contributed by atoms with Crippen molar-refractivity contribution in [3.05, 3.63) is 12.2 Å². The van der Waals surface area contributed by atoms with Crippen LogP contribution in [0, 0.1) is 0 Å². The second-order valence-corrected chi connectivity index (χ2v) is 3.57. The molecular weight excluding hydrogens is 206 g/mol. The number of hydrogen-bond donors (Lipinski definition) is 3. The summed E-state index contributed by atoms with van der Waals surface area (Å²) in [5.74, 6) is 0.855. The lowest BCUT2D eigenvalue weighted by Gasteiger charge is -2.06. The second kappa shape index (κ2) is 7.67. The van der Waals surface area contributed by atoms with Crippen LogP contribution < -0.4 is 10.6 Å². The van der Waals surface area contributed by atoms with Crippen LogP contribution in [-0.2, 0) is 6.42 Å². The molecule has 90 valence electrons. The van der Waals surface area contributed by atoms with E-state index in [-0.39, 0.29) is 6.03 Å². The molecule has 0 aromatic carbocycles. The summed E-state index contributed by atoms with van der Waals surface area (Å²) in [7, 11) is 0. The molecule has 0 bridgehead atoms. The summed E-state index contributed by atoms with van der Waals surface area (Å²) in [6.07, 6.45) is 5.25. The molecule has 1 rings (SSSR count). The fraction of sp³-hybridized carbons (Fsp3) is 0.700. The maximum Gasteiger partial charge on any atom is 0.314 e. The van der Waals surface area contributed by atoms with Gasteiger partial charge in [-0.1, -0.05) is 13.3 Å². The van der Waals surface area contributed by atoms with E-state index in [1.807, 2.05) is 0 Å². The van der Waals surface area contributed by atoms with Gasteiger partial charge in [0.15, 0.2) is 0 Å². The van der Waals surface area contributed by atoms with Crippen molar-refractivity contribution in [1.82, 2.24) is 25.8 Å². The highest BCUT2D eigenvalue weighted by molar-refractivity contribution is 5.73. The Morgan fingerprint density at radius 2 is 2.12 bits per heavy atom. The molecular formula is C10H19N5O. The van der Waals surface area contributed by atoms with E-state index in [1.54, 1.807) is 0 Å². The quantitative estimate of drug-likeness (QED) is 0.601. The fourth-order valence-corrected chi connectivity index (χ4v) is 1.25. The lowest BCUT2D eigenvalue weighted by Crippen LogP contribution is -2.36. The van der Waals surface area contributed by atoms with Crippen molar-refractivity contribution in [2.45, 2.75) is 32.6 Å². The van der Waals surface area contributed by atoms with Gasteiger partial charge in [-0.2, -0.15) is 5.10 Å². The number of nitrogens with one attached hydrogen (secondary N) is 3. The van der Waals surface area contributed by atoms with Crippen molar-refractivity contribution in [3.8, 4) is 0 Å². The number of unbranched alkanes of at least 4 members (excludes halogenated alkanes) is 1. The van der Waals surface area contributed by atoms with E-state index in [4.69, 9.17) is 0 Å². The standard InChI is InChI=1S/C10H19N5O/c1-2-3-6-11-10(16)12-7-4-5-9-13-8-14-15-9/h8H,2-7H2,1H3,(H2,11,12,16)(H,13,14,15). The van der Waals surface area contributed by atoms with Crippen molar-refractivity contribution >= 4 is 6.03 Å². The first-order valence-electron chi connectivity index (χ1n) is 5.69. The van der Waals surface area contributed by atoms with Gasteiger partial charge in [0.05, 0.1) is 0 Å². The topological polar surface area (TPSA) is 82.7 Å². The summed E-state index contributed by atoms with van der Waals surface area (Å²) in [6.45, 7) is 3.49. The fourth-order valence-electron chi connectivity index (χ4n) is 1.25. The molecule has 6 heteroatoms. The Labute approximate surface area is 95.2 Å². The molecule has 2 amide bonds. The Hall–Kier alpha value is -1.59. The third kappa shape index (κ3) is 5.33.